The van der Waals surface area contributed by atoms with Crippen LogP contribution in [-0.4, -0.2) is 81.3 Å². The summed E-state index contributed by atoms with van der Waals surface area (Å²) >= 11 is 0. The van der Waals surface area contributed by atoms with Gasteiger partial charge in [-0.25, -0.2) is 0 Å². The number of carbonyl (C=O) groups is 1. The first kappa shape index (κ1) is 14.4. The van der Waals surface area contributed by atoms with Crippen LogP contribution in [0.3, 0.4) is 0 Å². The standard InChI is InChI=1S/C15H21N7O/c1-19(7-8-20-6-2-3-15(20)23)12-9-21(10-12)14-5-4-13-17-16-11-22(13)18-14/h4-5,11-12H,2-3,6-10H2,1H3. The highest BCUT2D eigenvalue weighted by Crippen LogP contribution is 2.21. The molecule has 2 aliphatic rings. The molecule has 1 amide bonds. The first-order chi connectivity index (χ1) is 11.2. The highest BCUT2D eigenvalue weighted by Gasteiger charge is 2.31. The van der Waals surface area contributed by atoms with Gasteiger partial charge in [-0.15, -0.1) is 15.3 Å². The van der Waals surface area contributed by atoms with Gasteiger partial charge >= 0.3 is 0 Å². The Labute approximate surface area is 134 Å². The van der Waals surface area contributed by atoms with Crippen LogP contribution in [0, 0.1) is 0 Å². The van der Waals surface area contributed by atoms with Gasteiger partial charge in [-0.05, 0) is 25.6 Å². The highest BCUT2D eigenvalue weighted by molar-refractivity contribution is 5.78. The second-order valence-corrected chi connectivity index (χ2v) is 6.35. The number of aromatic nitrogens is 4. The van der Waals surface area contributed by atoms with Crippen molar-refractivity contribution in [3.8, 4) is 0 Å². The van der Waals surface area contributed by atoms with E-state index in [2.05, 4.69) is 32.1 Å². The van der Waals surface area contributed by atoms with Crippen LogP contribution >= 0.6 is 0 Å². The van der Waals surface area contributed by atoms with Crippen LogP contribution < -0.4 is 4.90 Å². The fourth-order valence-electron chi connectivity index (χ4n) is 3.21. The third kappa shape index (κ3) is 2.74. The Morgan fingerprint density at radius 1 is 1.35 bits per heavy atom. The summed E-state index contributed by atoms with van der Waals surface area (Å²) in [5.74, 6) is 1.26. The van der Waals surface area contributed by atoms with Crippen LogP contribution in [0.5, 0.6) is 0 Å². The summed E-state index contributed by atoms with van der Waals surface area (Å²) in [6.45, 7) is 4.63. The second kappa shape index (κ2) is 5.77. The SMILES string of the molecule is CN(CCN1CCCC1=O)C1CN(c2ccc3nncn3n2)C1. The summed E-state index contributed by atoms with van der Waals surface area (Å²) < 4.78 is 1.70. The summed E-state index contributed by atoms with van der Waals surface area (Å²) in [6.07, 6.45) is 3.35. The maximum Gasteiger partial charge on any atom is 0.222 e. The molecule has 0 bridgehead atoms. The van der Waals surface area contributed by atoms with Gasteiger partial charge in [0.15, 0.2) is 5.65 Å². The molecule has 2 aromatic heterocycles. The first-order valence-electron chi connectivity index (χ1n) is 8.11. The molecule has 4 rings (SSSR count). The molecule has 0 radical (unpaired) electrons. The van der Waals surface area contributed by atoms with Gasteiger partial charge in [0.05, 0.1) is 0 Å². The van der Waals surface area contributed by atoms with Crippen LogP contribution in [0.15, 0.2) is 18.5 Å². The van der Waals surface area contributed by atoms with Gasteiger partial charge in [0.2, 0.25) is 5.91 Å². The zero-order valence-corrected chi connectivity index (χ0v) is 13.3. The second-order valence-electron chi connectivity index (χ2n) is 6.35. The molecule has 8 heteroatoms. The number of likely N-dealkylation sites (tertiary alicyclic amines) is 1. The third-order valence-corrected chi connectivity index (χ3v) is 4.85. The van der Waals surface area contributed by atoms with Crippen molar-refractivity contribution in [3.63, 3.8) is 0 Å². The lowest BCUT2D eigenvalue weighted by Crippen LogP contribution is -2.59. The van der Waals surface area contributed by atoms with Crippen molar-refractivity contribution in [2.75, 3.05) is 44.7 Å². The Balaban J connectivity index is 1.29. The largest absolute Gasteiger partial charge is 0.352 e. The van der Waals surface area contributed by atoms with E-state index in [1.54, 1.807) is 10.8 Å². The molecule has 0 spiro atoms. The molecule has 2 aliphatic heterocycles. The average molecular weight is 315 g/mol. The molecule has 0 unspecified atom stereocenters. The predicted octanol–water partition coefficient (Wildman–Crippen LogP) is -0.133. The highest BCUT2D eigenvalue weighted by atomic mass is 16.2. The minimum Gasteiger partial charge on any atom is -0.352 e. The zero-order chi connectivity index (χ0) is 15.8. The van der Waals surface area contributed by atoms with Crippen molar-refractivity contribution in [3.05, 3.63) is 18.5 Å². The van der Waals surface area contributed by atoms with E-state index in [9.17, 15) is 4.79 Å². The van der Waals surface area contributed by atoms with Crippen LogP contribution in [0.1, 0.15) is 12.8 Å². The Morgan fingerprint density at radius 3 is 3.00 bits per heavy atom. The van der Waals surface area contributed by atoms with Crippen molar-refractivity contribution in [1.82, 2.24) is 29.6 Å². The number of nitrogens with zero attached hydrogens (tertiary/aromatic N) is 7. The summed E-state index contributed by atoms with van der Waals surface area (Å²) in [7, 11) is 2.14. The molecule has 2 fully saturated rings. The van der Waals surface area contributed by atoms with Gasteiger partial charge in [-0.2, -0.15) is 4.52 Å². The van der Waals surface area contributed by atoms with Gasteiger partial charge in [-0.3, -0.25) is 9.69 Å². The number of hydrogen-bond donors (Lipinski definition) is 0. The molecule has 0 N–H and O–H groups in total. The van der Waals surface area contributed by atoms with Gasteiger partial charge < -0.3 is 9.80 Å². The molecule has 0 aromatic carbocycles. The molecular formula is C15H21N7O. The molecule has 0 aliphatic carbocycles. The molecule has 0 saturated carbocycles. The molecule has 2 aromatic rings. The Morgan fingerprint density at radius 2 is 2.22 bits per heavy atom. The van der Waals surface area contributed by atoms with Crippen LogP contribution in [0.25, 0.3) is 5.65 Å². The molecule has 122 valence electrons. The molecule has 0 atom stereocenters. The van der Waals surface area contributed by atoms with Gasteiger partial charge in [-0.1, -0.05) is 0 Å². The van der Waals surface area contributed by atoms with Crippen molar-refractivity contribution in [1.29, 1.82) is 0 Å². The maximum absolute atomic E-state index is 11.6. The number of rotatable bonds is 5. The Kier molecular flexibility index (Phi) is 3.60. The molecule has 4 heterocycles. The minimum atomic E-state index is 0.306. The Hall–Kier alpha value is -2.22. The molecule has 8 nitrogen and oxygen atoms in total. The van der Waals surface area contributed by atoms with E-state index in [0.717, 1.165) is 57.0 Å². The van der Waals surface area contributed by atoms with Crippen molar-refractivity contribution >= 4 is 17.4 Å². The average Bonchev–Trinajstić information content (AvgIpc) is 3.11. The summed E-state index contributed by atoms with van der Waals surface area (Å²) in [5, 5.41) is 12.3. The summed E-state index contributed by atoms with van der Waals surface area (Å²) in [5.41, 5.74) is 0.762. The van der Waals surface area contributed by atoms with E-state index >= 15 is 0 Å². The van der Waals surface area contributed by atoms with E-state index < -0.39 is 0 Å². The number of fused-ring (bicyclic) bond motifs is 1. The Bertz CT molecular complexity index is 709. The maximum atomic E-state index is 11.6. The predicted molar refractivity (Wildman–Crippen MR) is 85.2 cm³/mol. The fraction of sp³-hybridized carbons (Fsp3) is 0.600. The molecule has 2 saturated heterocycles. The lowest BCUT2D eigenvalue weighted by molar-refractivity contribution is -0.127. The van der Waals surface area contributed by atoms with Crippen molar-refractivity contribution < 1.29 is 4.79 Å². The number of anilines is 1. The normalized spacial score (nSPS) is 19.1. The topological polar surface area (TPSA) is 69.9 Å². The lowest BCUT2D eigenvalue weighted by Gasteiger charge is -2.44. The zero-order valence-electron chi connectivity index (χ0n) is 13.3. The van der Waals surface area contributed by atoms with E-state index in [1.165, 1.54) is 0 Å². The van der Waals surface area contributed by atoms with Crippen molar-refractivity contribution in [2.45, 2.75) is 18.9 Å². The van der Waals surface area contributed by atoms with Gasteiger partial charge in [0.1, 0.15) is 12.1 Å². The van der Waals surface area contributed by atoms with Crippen LogP contribution in [-0.2, 0) is 4.79 Å². The quantitative estimate of drug-likeness (QED) is 0.765. The smallest absolute Gasteiger partial charge is 0.222 e. The van der Waals surface area contributed by atoms with Crippen LogP contribution in [0.2, 0.25) is 0 Å². The number of carbonyl (C=O) groups excluding carboxylic acids is 1. The van der Waals surface area contributed by atoms with E-state index in [-0.39, 0.29) is 0 Å². The van der Waals surface area contributed by atoms with Gasteiger partial charge in [0.25, 0.3) is 0 Å². The van der Waals surface area contributed by atoms with Gasteiger partial charge in [0, 0.05) is 45.2 Å². The first-order valence-corrected chi connectivity index (χ1v) is 8.11. The number of likely N-dealkylation sites (N-methyl/N-ethyl adjacent to an activating group) is 1. The van der Waals surface area contributed by atoms with E-state index in [4.69, 9.17) is 0 Å². The monoisotopic (exact) mass is 315 g/mol. The molecule has 23 heavy (non-hydrogen) atoms. The summed E-state index contributed by atoms with van der Waals surface area (Å²) in [6, 6.07) is 4.44. The minimum absolute atomic E-state index is 0.306. The molecular weight excluding hydrogens is 294 g/mol. The van der Waals surface area contributed by atoms with E-state index in [0.29, 0.717) is 11.9 Å². The van der Waals surface area contributed by atoms with Crippen LogP contribution in [0.4, 0.5) is 5.82 Å². The van der Waals surface area contributed by atoms with Crippen molar-refractivity contribution in [2.24, 2.45) is 0 Å². The third-order valence-electron chi connectivity index (χ3n) is 4.85. The fourth-order valence-corrected chi connectivity index (χ4v) is 3.21. The lowest BCUT2D eigenvalue weighted by atomic mass is 10.1. The summed E-state index contributed by atoms with van der Waals surface area (Å²) in [4.78, 5) is 18.2. The number of amides is 1. The van der Waals surface area contributed by atoms with E-state index in [1.807, 2.05) is 17.0 Å². The number of hydrogen-bond acceptors (Lipinski definition) is 6.